The number of aryl methyl sites for hydroxylation is 1. The molecule has 1 N–H and O–H groups in total. The van der Waals surface area contributed by atoms with Crippen LogP contribution < -0.4 is 5.32 Å². The van der Waals surface area contributed by atoms with Crippen LogP contribution in [-0.4, -0.2) is 34.9 Å². The molecule has 156 valence electrons. The van der Waals surface area contributed by atoms with Gasteiger partial charge in [-0.25, -0.2) is 9.37 Å². The quantitative estimate of drug-likeness (QED) is 0.638. The Labute approximate surface area is 175 Å². The van der Waals surface area contributed by atoms with E-state index in [0.29, 0.717) is 30.1 Å². The Morgan fingerprint density at radius 2 is 1.83 bits per heavy atom. The van der Waals surface area contributed by atoms with Crippen LogP contribution in [-0.2, 0) is 17.8 Å². The van der Waals surface area contributed by atoms with Crippen LogP contribution in [0.3, 0.4) is 0 Å². The van der Waals surface area contributed by atoms with Crippen LogP contribution in [0.4, 0.5) is 4.39 Å². The number of rotatable bonds is 7. The second-order valence-corrected chi connectivity index (χ2v) is 7.70. The maximum atomic E-state index is 13.9. The fraction of sp³-hybridized carbons (Fsp3) is 0.333. The topological polar surface area (TPSA) is 58.4 Å². The third-order valence-corrected chi connectivity index (χ3v) is 5.46. The largest absolute Gasteiger partial charge is 0.441 e. The van der Waals surface area contributed by atoms with Crippen molar-refractivity contribution in [2.24, 2.45) is 0 Å². The first kappa shape index (κ1) is 20.3. The Balaban J connectivity index is 1.20. The minimum atomic E-state index is -0.350. The molecule has 1 saturated heterocycles. The number of nitrogens with zero attached hydrogens (tertiary/aromatic N) is 2. The van der Waals surface area contributed by atoms with Crippen molar-refractivity contribution >= 4 is 5.91 Å². The third-order valence-electron chi connectivity index (χ3n) is 5.46. The van der Waals surface area contributed by atoms with Gasteiger partial charge in [0.15, 0.2) is 11.7 Å². The van der Waals surface area contributed by atoms with E-state index in [1.807, 2.05) is 6.07 Å². The molecule has 1 aliphatic rings. The summed E-state index contributed by atoms with van der Waals surface area (Å²) >= 11 is 0. The maximum absolute atomic E-state index is 13.9. The Morgan fingerprint density at radius 3 is 2.60 bits per heavy atom. The molecule has 1 fully saturated rings. The molecule has 0 aliphatic carbocycles. The van der Waals surface area contributed by atoms with Gasteiger partial charge in [0.2, 0.25) is 5.91 Å². The summed E-state index contributed by atoms with van der Waals surface area (Å²) < 4.78 is 19.5. The SMILES string of the molecule is O=C(CCc1ncc(-c2ccccc2F)o1)NC1CCN(Cc2ccccc2)CC1. The van der Waals surface area contributed by atoms with Gasteiger partial charge in [-0.15, -0.1) is 0 Å². The van der Waals surface area contributed by atoms with Gasteiger partial charge in [0.25, 0.3) is 0 Å². The molecule has 0 atom stereocenters. The molecule has 4 rings (SSSR count). The van der Waals surface area contributed by atoms with Crippen molar-refractivity contribution < 1.29 is 13.6 Å². The first-order chi connectivity index (χ1) is 14.7. The zero-order valence-corrected chi connectivity index (χ0v) is 16.9. The zero-order chi connectivity index (χ0) is 20.8. The van der Waals surface area contributed by atoms with Gasteiger partial charge >= 0.3 is 0 Å². The highest BCUT2D eigenvalue weighted by atomic mass is 19.1. The van der Waals surface area contributed by atoms with Crippen LogP contribution in [0, 0.1) is 5.82 Å². The maximum Gasteiger partial charge on any atom is 0.220 e. The number of oxazole rings is 1. The second-order valence-electron chi connectivity index (χ2n) is 7.70. The van der Waals surface area contributed by atoms with Crippen LogP contribution in [0.1, 0.15) is 30.7 Å². The predicted molar refractivity (Wildman–Crippen MR) is 113 cm³/mol. The molecular formula is C24H26FN3O2. The summed E-state index contributed by atoms with van der Waals surface area (Å²) in [5.74, 6) is 0.481. The minimum absolute atomic E-state index is 0.00199. The van der Waals surface area contributed by atoms with Gasteiger partial charge in [0.05, 0.1) is 11.8 Å². The minimum Gasteiger partial charge on any atom is -0.441 e. The highest BCUT2D eigenvalue weighted by molar-refractivity contribution is 5.76. The number of carbonyl (C=O) groups is 1. The Morgan fingerprint density at radius 1 is 1.10 bits per heavy atom. The first-order valence-corrected chi connectivity index (χ1v) is 10.4. The highest BCUT2D eigenvalue weighted by Crippen LogP contribution is 2.23. The fourth-order valence-electron chi connectivity index (χ4n) is 3.81. The number of hydrogen-bond acceptors (Lipinski definition) is 4. The summed E-state index contributed by atoms with van der Waals surface area (Å²) in [7, 11) is 0. The van der Waals surface area contributed by atoms with Crippen molar-refractivity contribution in [1.29, 1.82) is 0 Å². The van der Waals surface area contributed by atoms with Gasteiger partial charge in [0.1, 0.15) is 5.82 Å². The number of carbonyl (C=O) groups excluding carboxylic acids is 1. The third kappa shape index (κ3) is 5.33. The first-order valence-electron chi connectivity index (χ1n) is 10.4. The Kier molecular flexibility index (Phi) is 6.54. The van der Waals surface area contributed by atoms with Gasteiger partial charge in [0, 0.05) is 38.5 Å². The van der Waals surface area contributed by atoms with Crippen molar-refractivity contribution in [3.05, 3.63) is 78.1 Å². The molecule has 30 heavy (non-hydrogen) atoms. The molecule has 2 aromatic carbocycles. The monoisotopic (exact) mass is 407 g/mol. The average Bonchev–Trinajstić information content (AvgIpc) is 3.24. The molecule has 2 heterocycles. The molecule has 1 amide bonds. The van der Waals surface area contributed by atoms with Crippen molar-refractivity contribution in [2.75, 3.05) is 13.1 Å². The van der Waals surface area contributed by atoms with Gasteiger partial charge in [-0.2, -0.15) is 0 Å². The van der Waals surface area contributed by atoms with Gasteiger partial charge < -0.3 is 9.73 Å². The summed E-state index contributed by atoms with van der Waals surface area (Å²) in [4.78, 5) is 18.9. The van der Waals surface area contributed by atoms with Gasteiger partial charge in [-0.3, -0.25) is 9.69 Å². The normalized spacial score (nSPS) is 15.2. The lowest BCUT2D eigenvalue weighted by Gasteiger charge is -2.32. The lowest BCUT2D eigenvalue weighted by molar-refractivity contribution is -0.122. The van der Waals surface area contributed by atoms with E-state index in [1.54, 1.807) is 18.2 Å². The average molecular weight is 407 g/mol. The second kappa shape index (κ2) is 9.67. The highest BCUT2D eigenvalue weighted by Gasteiger charge is 2.21. The van der Waals surface area contributed by atoms with E-state index >= 15 is 0 Å². The molecule has 0 saturated carbocycles. The Hall–Kier alpha value is -2.99. The molecule has 6 heteroatoms. The van der Waals surface area contributed by atoms with E-state index in [2.05, 4.69) is 39.5 Å². The summed E-state index contributed by atoms with van der Waals surface area (Å²) in [5, 5.41) is 3.13. The standard InChI is InChI=1S/C24H26FN3O2/c25-21-9-5-4-8-20(21)22-16-26-24(30-22)11-10-23(29)27-19-12-14-28(15-13-19)17-18-6-2-1-3-7-18/h1-9,16,19H,10-15,17H2,(H,27,29). The fourth-order valence-corrected chi connectivity index (χ4v) is 3.81. The van der Waals surface area contributed by atoms with E-state index in [1.165, 1.54) is 17.8 Å². The molecule has 0 spiro atoms. The number of piperidine rings is 1. The van der Waals surface area contributed by atoms with Crippen LogP contribution in [0.5, 0.6) is 0 Å². The lowest BCUT2D eigenvalue weighted by atomic mass is 10.0. The van der Waals surface area contributed by atoms with Crippen molar-refractivity contribution in [3.63, 3.8) is 0 Å². The van der Waals surface area contributed by atoms with Crippen LogP contribution in [0.25, 0.3) is 11.3 Å². The lowest BCUT2D eigenvalue weighted by Crippen LogP contribution is -2.44. The van der Waals surface area contributed by atoms with Gasteiger partial charge in [-0.05, 0) is 30.5 Å². The number of halogens is 1. The number of likely N-dealkylation sites (tertiary alicyclic amines) is 1. The molecule has 5 nitrogen and oxygen atoms in total. The van der Waals surface area contributed by atoms with Crippen LogP contribution in [0.2, 0.25) is 0 Å². The van der Waals surface area contributed by atoms with Crippen LogP contribution in [0.15, 0.2) is 65.2 Å². The number of benzene rings is 2. The zero-order valence-electron chi connectivity index (χ0n) is 16.9. The smallest absolute Gasteiger partial charge is 0.220 e. The summed E-state index contributed by atoms with van der Waals surface area (Å²) in [5.41, 5.74) is 1.70. The molecule has 0 bridgehead atoms. The molecule has 1 aliphatic heterocycles. The van der Waals surface area contributed by atoms with E-state index in [0.717, 1.165) is 32.5 Å². The Bertz CT molecular complexity index is 965. The molecular weight excluding hydrogens is 381 g/mol. The molecule has 3 aromatic rings. The predicted octanol–water partition coefficient (Wildman–Crippen LogP) is 4.19. The number of aromatic nitrogens is 1. The van der Waals surface area contributed by atoms with Crippen molar-refractivity contribution in [1.82, 2.24) is 15.2 Å². The number of hydrogen-bond donors (Lipinski definition) is 1. The summed E-state index contributed by atoms with van der Waals surface area (Å²) in [6, 6.07) is 17.1. The summed E-state index contributed by atoms with van der Waals surface area (Å²) in [6.45, 7) is 2.91. The molecule has 0 radical (unpaired) electrons. The van der Waals surface area contributed by atoms with E-state index in [4.69, 9.17) is 4.42 Å². The van der Waals surface area contributed by atoms with Gasteiger partial charge in [-0.1, -0.05) is 42.5 Å². The van der Waals surface area contributed by atoms with Crippen molar-refractivity contribution in [2.45, 2.75) is 38.3 Å². The van der Waals surface area contributed by atoms with E-state index in [9.17, 15) is 9.18 Å². The van der Waals surface area contributed by atoms with Crippen LogP contribution >= 0.6 is 0 Å². The number of nitrogens with one attached hydrogen (secondary N) is 1. The molecule has 1 aromatic heterocycles. The summed E-state index contributed by atoms with van der Waals surface area (Å²) in [6.07, 6.45) is 4.12. The van der Waals surface area contributed by atoms with E-state index < -0.39 is 0 Å². The van der Waals surface area contributed by atoms with E-state index in [-0.39, 0.29) is 17.8 Å². The molecule has 0 unspecified atom stereocenters. The number of amides is 1. The van der Waals surface area contributed by atoms with Crippen molar-refractivity contribution in [3.8, 4) is 11.3 Å².